The second-order valence-electron chi connectivity index (χ2n) is 9.43. The predicted molar refractivity (Wildman–Crippen MR) is 172 cm³/mol. The van der Waals surface area contributed by atoms with E-state index in [1.165, 1.54) is 11.3 Å². The molecule has 210 valence electrons. The van der Waals surface area contributed by atoms with Crippen molar-refractivity contribution in [3.63, 3.8) is 0 Å². The lowest BCUT2D eigenvalue weighted by atomic mass is 9.95. The van der Waals surface area contributed by atoms with Crippen molar-refractivity contribution >= 4 is 71.2 Å². The van der Waals surface area contributed by atoms with E-state index in [-0.39, 0.29) is 12.2 Å². The number of aromatic nitrogens is 1. The maximum atomic E-state index is 14.0. The molecule has 1 aliphatic heterocycles. The number of benzene rings is 3. The van der Waals surface area contributed by atoms with Gasteiger partial charge in [-0.3, -0.25) is 9.36 Å². The third-order valence-corrected chi connectivity index (χ3v) is 9.09. The van der Waals surface area contributed by atoms with Gasteiger partial charge in [-0.25, -0.2) is 9.79 Å². The molecule has 10 heteroatoms. The van der Waals surface area contributed by atoms with Crippen molar-refractivity contribution in [2.75, 3.05) is 6.61 Å². The summed E-state index contributed by atoms with van der Waals surface area (Å²) in [7, 11) is 0. The first-order valence-corrected chi connectivity index (χ1v) is 16.0. The molecule has 6 nitrogen and oxygen atoms in total. The van der Waals surface area contributed by atoms with Crippen LogP contribution in [0.3, 0.4) is 0 Å². The number of hydrogen-bond donors (Lipinski definition) is 0. The molecule has 0 N–H and O–H groups in total. The van der Waals surface area contributed by atoms with Crippen molar-refractivity contribution in [3.8, 4) is 5.75 Å². The first-order valence-electron chi connectivity index (χ1n) is 12.8. The highest BCUT2D eigenvalue weighted by Crippen LogP contribution is 2.35. The van der Waals surface area contributed by atoms with Crippen molar-refractivity contribution in [2.24, 2.45) is 4.99 Å². The third-order valence-electron chi connectivity index (χ3n) is 6.53. The second kappa shape index (κ2) is 12.6. The normalized spacial score (nSPS) is 15.0. The van der Waals surface area contributed by atoms with E-state index in [0.29, 0.717) is 33.0 Å². The number of esters is 1. The zero-order valence-electron chi connectivity index (χ0n) is 22.4. The number of carbonyl (C=O) groups excluding carboxylic acids is 1. The molecular weight excluding hydrogens is 736 g/mol. The molecule has 0 amide bonds. The Morgan fingerprint density at radius 1 is 1.02 bits per heavy atom. The molecule has 1 atom stereocenters. The average Bonchev–Trinajstić information content (AvgIpc) is 3.23. The van der Waals surface area contributed by atoms with Gasteiger partial charge in [0.15, 0.2) is 4.80 Å². The maximum Gasteiger partial charge on any atom is 0.338 e. The van der Waals surface area contributed by atoms with Gasteiger partial charge in [0.1, 0.15) is 12.4 Å². The summed E-state index contributed by atoms with van der Waals surface area (Å²) in [6, 6.07) is 18.9. The SMILES string of the molecule is CCOC(=O)C1=C(C)N=c2s/c(=C\c3cc(Br)cc(Br)c3OCc3ccc(Br)cc3)c(=O)n2[C@H]1c1ccc(C)cc1. The molecule has 1 aromatic heterocycles. The Morgan fingerprint density at radius 3 is 2.41 bits per heavy atom. The zero-order valence-corrected chi connectivity index (χ0v) is 28.0. The summed E-state index contributed by atoms with van der Waals surface area (Å²) in [5.74, 6) is 0.133. The fourth-order valence-corrected chi connectivity index (χ4v) is 7.25. The summed E-state index contributed by atoms with van der Waals surface area (Å²) in [5, 5.41) is 0. The minimum absolute atomic E-state index is 0.224. The molecule has 0 fully saturated rings. The number of allylic oxidation sites excluding steroid dienone is 1. The molecule has 0 saturated heterocycles. The van der Waals surface area contributed by atoms with Crippen LogP contribution >= 0.6 is 59.1 Å². The summed E-state index contributed by atoms with van der Waals surface area (Å²) >= 11 is 11.9. The highest BCUT2D eigenvalue weighted by Gasteiger charge is 2.33. The molecule has 0 bridgehead atoms. The lowest BCUT2D eigenvalue weighted by Crippen LogP contribution is -2.39. The number of nitrogens with zero attached hydrogens (tertiary/aromatic N) is 2. The van der Waals surface area contributed by atoms with Gasteiger partial charge in [0, 0.05) is 14.5 Å². The average molecular weight is 761 g/mol. The molecule has 0 aliphatic carbocycles. The van der Waals surface area contributed by atoms with Crippen molar-refractivity contribution in [1.29, 1.82) is 0 Å². The summed E-state index contributed by atoms with van der Waals surface area (Å²) in [6.45, 7) is 6.11. The molecule has 1 aliphatic rings. The van der Waals surface area contributed by atoms with Crippen LogP contribution in [0.2, 0.25) is 0 Å². The smallest absolute Gasteiger partial charge is 0.338 e. The molecule has 3 aromatic carbocycles. The van der Waals surface area contributed by atoms with Gasteiger partial charge in [-0.2, -0.15) is 0 Å². The van der Waals surface area contributed by atoms with E-state index < -0.39 is 12.0 Å². The Labute approximate surface area is 266 Å². The van der Waals surface area contributed by atoms with Crippen molar-refractivity contribution in [2.45, 2.75) is 33.4 Å². The van der Waals surface area contributed by atoms with Crippen molar-refractivity contribution in [1.82, 2.24) is 4.57 Å². The topological polar surface area (TPSA) is 69.9 Å². The Morgan fingerprint density at radius 2 is 1.73 bits per heavy atom. The first kappa shape index (κ1) is 29.7. The number of fused-ring (bicyclic) bond motifs is 1. The highest BCUT2D eigenvalue weighted by atomic mass is 79.9. The Kier molecular flexibility index (Phi) is 9.13. The largest absolute Gasteiger partial charge is 0.487 e. The van der Waals surface area contributed by atoms with Crippen LogP contribution in [0.4, 0.5) is 0 Å². The fraction of sp³-hybridized carbons (Fsp3) is 0.194. The number of hydrogen-bond acceptors (Lipinski definition) is 6. The van der Waals surface area contributed by atoms with Crippen LogP contribution in [0.15, 0.2) is 95.1 Å². The van der Waals surface area contributed by atoms with Crippen molar-refractivity contribution in [3.05, 3.63) is 127 Å². The summed E-state index contributed by atoms with van der Waals surface area (Å²) < 4.78 is 16.3. The quantitative estimate of drug-likeness (QED) is 0.191. The van der Waals surface area contributed by atoms with E-state index in [1.54, 1.807) is 18.4 Å². The van der Waals surface area contributed by atoms with Crippen LogP contribution in [-0.2, 0) is 16.1 Å². The monoisotopic (exact) mass is 758 g/mol. The molecule has 4 aromatic rings. The Hall–Kier alpha value is -2.79. The molecule has 0 spiro atoms. The van der Waals surface area contributed by atoms with E-state index in [2.05, 4.69) is 52.8 Å². The van der Waals surface area contributed by atoms with Crippen molar-refractivity contribution < 1.29 is 14.3 Å². The minimum atomic E-state index is -0.657. The number of carbonyl (C=O) groups is 1. The second-order valence-corrected chi connectivity index (χ2v) is 13.1. The number of aryl methyl sites for hydroxylation is 1. The molecular formula is C31H25Br3N2O4S. The van der Waals surface area contributed by atoms with E-state index in [4.69, 9.17) is 9.47 Å². The van der Waals surface area contributed by atoms with E-state index in [9.17, 15) is 9.59 Å². The molecule has 41 heavy (non-hydrogen) atoms. The summed E-state index contributed by atoms with van der Waals surface area (Å²) in [5.41, 5.74) is 4.27. The minimum Gasteiger partial charge on any atom is -0.487 e. The van der Waals surface area contributed by atoms with Crippen LogP contribution in [-0.4, -0.2) is 17.1 Å². The molecule has 0 unspecified atom stereocenters. The maximum absolute atomic E-state index is 14.0. The van der Waals surface area contributed by atoms with E-state index in [1.807, 2.05) is 73.7 Å². The third kappa shape index (κ3) is 6.35. The van der Waals surface area contributed by atoms with Gasteiger partial charge >= 0.3 is 5.97 Å². The fourth-order valence-electron chi connectivity index (χ4n) is 4.57. The van der Waals surface area contributed by atoms with Crippen LogP contribution in [0.25, 0.3) is 6.08 Å². The van der Waals surface area contributed by atoms with Gasteiger partial charge < -0.3 is 9.47 Å². The Bertz CT molecular complexity index is 1840. The van der Waals surface area contributed by atoms with Crippen LogP contribution in [0.5, 0.6) is 5.75 Å². The highest BCUT2D eigenvalue weighted by molar-refractivity contribution is 9.11. The summed E-state index contributed by atoms with van der Waals surface area (Å²) in [6.07, 6.45) is 1.81. The van der Waals surface area contributed by atoms with Crippen LogP contribution < -0.4 is 19.6 Å². The van der Waals surface area contributed by atoms with Gasteiger partial charge in [-0.05, 0) is 78.2 Å². The predicted octanol–water partition coefficient (Wildman–Crippen LogP) is 6.97. The number of halogens is 3. The number of ether oxygens (including phenoxy) is 2. The number of thiazole rings is 1. The van der Waals surface area contributed by atoms with Crippen LogP contribution in [0.1, 0.15) is 42.1 Å². The zero-order chi connectivity index (χ0) is 29.3. The van der Waals surface area contributed by atoms with Gasteiger partial charge in [0.2, 0.25) is 0 Å². The van der Waals surface area contributed by atoms with Gasteiger partial charge in [-0.1, -0.05) is 85.2 Å². The first-order chi connectivity index (χ1) is 19.7. The van der Waals surface area contributed by atoms with Crippen LogP contribution in [0, 0.1) is 6.92 Å². The van der Waals surface area contributed by atoms with E-state index in [0.717, 1.165) is 35.7 Å². The lowest BCUT2D eigenvalue weighted by Gasteiger charge is -2.24. The van der Waals surface area contributed by atoms with Gasteiger partial charge in [0.05, 0.1) is 32.9 Å². The Balaban J connectivity index is 1.64. The van der Waals surface area contributed by atoms with Gasteiger partial charge in [-0.15, -0.1) is 0 Å². The van der Waals surface area contributed by atoms with Gasteiger partial charge in [0.25, 0.3) is 5.56 Å². The summed E-state index contributed by atoms with van der Waals surface area (Å²) in [4.78, 5) is 32.3. The molecule has 2 heterocycles. The standard InChI is InChI=1S/C31H25Br3N2O4S/c1-4-39-30(38)26-18(3)35-31-36(27(26)20-9-5-17(2)6-10-20)29(37)25(41-31)14-21-13-23(33)15-24(34)28(21)40-16-19-7-11-22(32)12-8-19/h5-15,27H,4,16H2,1-3H3/b25-14-/t27-/m0/s1. The number of rotatable bonds is 7. The van der Waals surface area contributed by atoms with E-state index >= 15 is 0 Å². The lowest BCUT2D eigenvalue weighted by molar-refractivity contribution is -0.139. The molecule has 0 radical (unpaired) electrons. The molecule has 5 rings (SSSR count). The molecule has 0 saturated carbocycles.